The summed E-state index contributed by atoms with van der Waals surface area (Å²) in [6, 6.07) is 0. The molecule has 0 aromatic heterocycles. The van der Waals surface area contributed by atoms with Crippen LogP contribution >= 0.6 is 0 Å². The van der Waals surface area contributed by atoms with Gasteiger partial charge in [-0.2, -0.15) is 0 Å². The molecule has 2 unspecified atom stereocenters. The van der Waals surface area contributed by atoms with Gasteiger partial charge < -0.3 is 14.7 Å². The summed E-state index contributed by atoms with van der Waals surface area (Å²) in [6.45, 7) is 6.62. The number of nitrogens with zero attached hydrogens (tertiary/aromatic N) is 1. The number of hydrogen-bond donors (Lipinski definition) is 1. The van der Waals surface area contributed by atoms with Crippen molar-refractivity contribution in [3.8, 4) is 0 Å². The van der Waals surface area contributed by atoms with E-state index in [0.29, 0.717) is 18.4 Å². The summed E-state index contributed by atoms with van der Waals surface area (Å²) in [4.78, 5) is 2.45. The van der Waals surface area contributed by atoms with E-state index >= 15 is 0 Å². The van der Waals surface area contributed by atoms with Gasteiger partial charge in [0.05, 0.1) is 6.61 Å². The standard InChI is InChI=1S/C11H23NO2/c1-10(8-13)6-12-5-3-4-11(7-12)9-14-2/h10-11,13H,3-9H2,1-2H3. The maximum Gasteiger partial charge on any atom is 0.0502 e. The van der Waals surface area contributed by atoms with Gasteiger partial charge in [0, 0.05) is 26.8 Å². The van der Waals surface area contributed by atoms with Crippen molar-refractivity contribution in [3.05, 3.63) is 0 Å². The lowest BCUT2D eigenvalue weighted by Crippen LogP contribution is -2.40. The molecule has 0 amide bonds. The summed E-state index contributed by atoms with van der Waals surface area (Å²) in [7, 11) is 1.77. The predicted octanol–water partition coefficient (Wildman–Crippen LogP) is 0.973. The molecule has 3 nitrogen and oxygen atoms in total. The summed E-state index contributed by atoms with van der Waals surface area (Å²) in [6.07, 6.45) is 2.56. The number of aliphatic hydroxyl groups is 1. The number of piperidine rings is 1. The fraction of sp³-hybridized carbons (Fsp3) is 1.00. The zero-order valence-corrected chi connectivity index (χ0v) is 9.41. The van der Waals surface area contributed by atoms with Gasteiger partial charge in [-0.3, -0.25) is 0 Å². The van der Waals surface area contributed by atoms with Crippen LogP contribution in [0, 0.1) is 11.8 Å². The van der Waals surface area contributed by atoms with Gasteiger partial charge in [0.25, 0.3) is 0 Å². The second-order valence-corrected chi connectivity index (χ2v) is 4.51. The molecular weight excluding hydrogens is 178 g/mol. The van der Waals surface area contributed by atoms with Crippen LogP contribution in [0.2, 0.25) is 0 Å². The van der Waals surface area contributed by atoms with Crippen LogP contribution in [0.25, 0.3) is 0 Å². The predicted molar refractivity (Wildman–Crippen MR) is 57.3 cm³/mol. The van der Waals surface area contributed by atoms with E-state index < -0.39 is 0 Å². The van der Waals surface area contributed by atoms with Crippen molar-refractivity contribution in [2.24, 2.45) is 11.8 Å². The maximum absolute atomic E-state index is 8.98. The molecule has 3 heteroatoms. The molecule has 0 saturated carbocycles. The first-order valence-corrected chi connectivity index (χ1v) is 5.58. The summed E-state index contributed by atoms with van der Waals surface area (Å²) in [5, 5.41) is 8.98. The third-order valence-corrected chi connectivity index (χ3v) is 2.89. The third-order valence-electron chi connectivity index (χ3n) is 2.89. The molecule has 2 atom stereocenters. The van der Waals surface area contributed by atoms with Crippen molar-refractivity contribution in [2.45, 2.75) is 19.8 Å². The van der Waals surface area contributed by atoms with Crippen molar-refractivity contribution >= 4 is 0 Å². The number of aliphatic hydroxyl groups excluding tert-OH is 1. The summed E-state index contributed by atoms with van der Waals surface area (Å²) in [5.74, 6) is 1.09. The largest absolute Gasteiger partial charge is 0.396 e. The van der Waals surface area contributed by atoms with Gasteiger partial charge in [-0.15, -0.1) is 0 Å². The minimum atomic E-state index is 0.297. The normalized spacial score (nSPS) is 26.4. The molecule has 0 aromatic carbocycles. The summed E-state index contributed by atoms with van der Waals surface area (Å²) in [5.41, 5.74) is 0. The molecule has 1 aliphatic heterocycles. The molecule has 1 aliphatic rings. The van der Waals surface area contributed by atoms with Crippen molar-refractivity contribution in [2.75, 3.05) is 40.0 Å². The smallest absolute Gasteiger partial charge is 0.0502 e. The average molecular weight is 201 g/mol. The van der Waals surface area contributed by atoms with E-state index in [2.05, 4.69) is 11.8 Å². The first kappa shape index (κ1) is 12.0. The second kappa shape index (κ2) is 6.38. The van der Waals surface area contributed by atoms with Gasteiger partial charge in [0.1, 0.15) is 0 Å². The van der Waals surface area contributed by atoms with Gasteiger partial charge in [-0.25, -0.2) is 0 Å². The van der Waals surface area contributed by atoms with Crippen LogP contribution in [0.4, 0.5) is 0 Å². The van der Waals surface area contributed by atoms with Crippen LogP contribution in [0.15, 0.2) is 0 Å². The topological polar surface area (TPSA) is 32.7 Å². The van der Waals surface area contributed by atoms with Gasteiger partial charge in [0.15, 0.2) is 0 Å². The van der Waals surface area contributed by atoms with Crippen LogP contribution in [0.1, 0.15) is 19.8 Å². The molecule has 1 saturated heterocycles. The Bertz CT molecular complexity index is 150. The van der Waals surface area contributed by atoms with Crippen LogP contribution < -0.4 is 0 Å². The van der Waals surface area contributed by atoms with E-state index in [1.54, 1.807) is 7.11 Å². The van der Waals surface area contributed by atoms with Gasteiger partial charge in [-0.1, -0.05) is 6.92 Å². The van der Waals surface area contributed by atoms with Gasteiger partial charge >= 0.3 is 0 Å². The minimum absolute atomic E-state index is 0.297. The van der Waals surface area contributed by atoms with E-state index in [0.717, 1.165) is 19.7 Å². The summed E-state index contributed by atoms with van der Waals surface area (Å²) < 4.78 is 5.18. The van der Waals surface area contributed by atoms with Crippen LogP contribution in [-0.2, 0) is 4.74 Å². The highest BCUT2D eigenvalue weighted by Gasteiger charge is 2.20. The lowest BCUT2D eigenvalue weighted by Gasteiger charge is -2.33. The zero-order valence-electron chi connectivity index (χ0n) is 9.41. The van der Waals surface area contributed by atoms with Crippen molar-refractivity contribution in [1.82, 2.24) is 4.90 Å². The Labute approximate surface area is 87.1 Å². The lowest BCUT2D eigenvalue weighted by atomic mass is 9.98. The van der Waals surface area contributed by atoms with E-state index in [-0.39, 0.29) is 0 Å². The Hall–Kier alpha value is -0.120. The molecule has 1 fully saturated rings. The average Bonchev–Trinajstić information content (AvgIpc) is 2.19. The molecule has 0 aliphatic carbocycles. The number of rotatable bonds is 5. The Morgan fingerprint density at radius 3 is 3.00 bits per heavy atom. The highest BCUT2D eigenvalue weighted by molar-refractivity contribution is 4.73. The maximum atomic E-state index is 8.98. The van der Waals surface area contributed by atoms with Crippen LogP contribution in [0.3, 0.4) is 0 Å². The van der Waals surface area contributed by atoms with Crippen molar-refractivity contribution < 1.29 is 9.84 Å². The fourth-order valence-corrected chi connectivity index (χ4v) is 2.19. The zero-order chi connectivity index (χ0) is 10.4. The summed E-state index contributed by atoms with van der Waals surface area (Å²) >= 11 is 0. The third kappa shape index (κ3) is 3.95. The molecule has 0 spiro atoms. The molecule has 1 N–H and O–H groups in total. The highest BCUT2D eigenvalue weighted by Crippen LogP contribution is 2.17. The Balaban J connectivity index is 2.25. The monoisotopic (exact) mass is 201 g/mol. The lowest BCUT2D eigenvalue weighted by molar-refractivity contribution is 0.0769. The van der Waals surface area contributed by atoms with E-state index in [1.807, 2.05) is 0 Å². The number of ether oxygens (including phenoxy) is 1. The molecule has 0 aromatic rings. The molecule has 1 heterocycles. The van der Waals surface area contributed by atoms with Crippen LogP contribution in [0.5, 0.6) is 0 Å². The minimum Gasteiger partial charge on any atom is -0.396 e. The highest BCUT2D eigenvalue weighted by atomic mass is 16.5. The first-order valence-electron chi connectivity index (χ1n) is 5.58. The SMILES string of the molecule is COCC1CCCN(CC(C)CO)C1. The molecule has 84 valence electrons. The van der Waals surface area contributed by atoms with Crippen molar-refractivity contribution in [3.63, 3.8) is 0 Å². The molecule has 1 rings (SSSR count). The quantitative estimate of drug-likeness (QED) is 0.719. The number of hydrogen-bond acceptors (Lipinski definition) is 3. The van der Waals surface area contributed by atoms with E-state index in [9.17, 15) is 0 Å². The molecule has 0 radical (unpaired) electrons. The second-order valence-electron chi connectivity index (χ2n) is 4.51. The van der Waals surface area contributed by atoms with E-state index in [4.69, 9.17) is 9.84 Å². The molecular formula is C11H23NO2. The van der Waals surface area contributed by atoms with Gasteiger partial charge in [-0.05, 0) is 31.2 Å². The Kier molecular flexibility index (Phi) is 5.45. The van der Waals surface area contributed by atoms with E-state index in [1.165, 1.54) is 19.4 Å². The van der Waals surface area contributed by atoms with Crippen molar-refractivity contribution in [1.29, 1.82) is 0 Å². The Morgan fingerprint density at radius 2 is 2.36 bits per heavy atom. The Morgan fingerprint density at radius 1 is 1.57 bits per heavy atom. The molecule has 14 heavy (non-hydrogen) atoms. The number of likely N-dealkylation sites (tertiary alicyclic amines) is 1. The van der Waals surface area contributed by atoms with Gasteiger partial charge in [0.2, 0.25) is 0 Å². The fourth-order valence-electron chi connectivity index (χ4n) is 2.19. The number of methoxy groups -OCH3 is 1. The molecule has 0 bridgehead atoms. The first-order chi connectivity index (χ1) is 6.76. The van der Waals surface area contributed by atoms with Crippen LogP contribution in [-0.4, -0.2) is 50.0 Å².